The number of rotatable bonds is 4. The van der Waals surface area contributed by atoms with Gasteiger partial charge in [0.25, 0.3) is 0 Å². The van der Waals surface area contributed by atoms with Crippen LogP contribution in [0.25, 0.3) is 0 Å². The molecule has 0 heterocycles. The van der Waals surface area contributed by atoms with Gasteiger partial charge >= 0.3 is 0 Å². The van der Waals surface area contributed by atoms with Crippen LogP contribution in [0.4, 0.5) is 0 Å². The molecule has 0 atom stereocenters. The SMILES string of the molecule is CCCN=Cc1cc(CC)ccc1O. The summed E-state index contributed by atoms with van der Waals surface area (Å²) in [7, 11) is 0. The third-order valence-electron chi connectivity index (χ3n) is 2.08. The Morgan fingerprint density at radius 1 is 1.36 bits per heavy atom. The van der Waals surface area contributed by atoms with Gasteiger partial charge in [-0.25, -0.2) is 0 Å². The average molecular weight is 191 g/mol. The van der Waals surface area contributed by atoms with E-state index < -0.39 is 0 Å². The molecule has 0 spiro atoms. The van der Waals surface area contributed by atoms with Crippen molar-refractivity contribution in [2.24, 2.45) is 4.99 Å². The van der Waals surface area contributed by atoms with Gasteiger partial charge in [-0.1, -0.05) is 19.9 Å². The summed E-state index contributed by atoms with van der Waals surface area (Å²) in [5.74, 6) is 0.307. The third-order valence-corrected chi connectivity index (χ3v) is 2.08. The van der Waals surface area contributed by atoms with E-state index in [0.29, 0.717) is 5.75 Å². The van der Waals surface area contributed by atoms with E-state index in [2.05, 4.69) is 18.8 Å². The first-order chi connectivity index (χ1) is 6.77. The minimum Gasteiger partial charge on any atom is -0.507 e. The Balaban J connectivity index is 2.83. The van der Waals surface area contributed by atoms with Gasteiger partial charge in [-0.3, -0.25) is 4.99 Å². The molecule has 76 valence electrons. The summed E-state index contributed by atoms with van der Waals surface area (Å²) < 4.78 is 0. The first kappa shape index (κ1) is 10.8. The number of phenols is 1. The molecule has 0 aliphatic heterocycles. The van der Waals surface area contributed by atoms with Gasteiger partial charge in [-0.2, -0.15) is 0 Å². The Kier molecular flexibility index (Phi) is 4.17. The first-order valence-corrected chi connectivity index (χ1v) is 5.09. The van der Waals surface area contributed by atoms with E-state index in [1.54, 1.807) is 12.3 Å². The maximum absolute atomic E-state index is 9.54. The van der Waals surface area contributed by atoms with Crippen molar-refractivity contribution >= 4 is 6.21 Å². The van der Waals surface area contributed by atoms with Crippen molar-refractivity contribution in [1.82, 2.24) is 0 Å². The molecular weight excluding hydrogens is 174 g/mol. The largest absolute Gasteiger partial charge is 0.507 e. The smallest absolute Gasteiger partial charge is 0.124 e. The lowest BCUT2D eigenvalue weighted by atomic mass is 10.1. The molecule has 0 radical (unpaired) electrons. The molecule has 1 aromatic carbocycles. The molecule has 0 saturated heterocycles. The minimum absolute atomic E-state index is 0.307. The quantitative estimate of drug-likeness (QED) is 0.729. The van der Waals surface area contributed by atoms with Crippen molar-refractivity contribution in [2.45, 2.75) is 26.7 Å². The Labute approximate surface area is 85.3 Å². The van der Waals surface area contributed by atoms with Crippen LogP contribution in [0.2, 0.25) is 0 Å². The fraction of sp³-hybridized carbons (Fsp3) is 0.417. The minimum atomic E-state index is 0.307. The molecule has 1 rings (SSSR count). The fourth-order valence-corrected chi connectivity index (χ4v) is 1.22. The summed E-state index contributed by atoms with van der Waals surface area (Å²) in [5.41, 5.74) is 2.04. The van der Waals surface area contributed by atoms with Gasteiger partial charge in [-0.15, -0.1) is 0 Å². The van der Waals surface area contributed by atoms with E-state index in [9.17, 15) is 5.11 Å². The van der Waals surface area contributed by atoms with Crippen LogP contribution in [0, 0.1) is 0 Å². The van der Waals surface area contributed by atoms with Gasteiger partial charge in [0.1, 0.15) is 5.75 Å². The fourth-order valence-electron chi connectivity index (χ4n) is 1.22. The molecule has 0 unspecified atom stereocenters. The van der Waals surface area contributed by atoms with Crippen LogP contribution in [0.1, 0.15) is 31.4 Å². The Morgan fingerprint density at radius 2 is 2.14 bits per heavy atom. The second-order valence-corrected chi connectivity index (χ2v) is 3.28. The summed E-state index contributed by atoms with van der Waals surface area (Å²) >= 11 is 0. The van der Waals surface area contributed by atoms with Crippen LogP contribution in [0.3, 0.4) is 0 Å². The molecule has 2 nitrogen and oxygen atoms in total. The number of aryl methyl sites for hydroxylation is 1. The molecule has 0 aliphatic carbocycles. The van der Waals surface area contributed by atoms with Crippen LogP contribution >= 0.6 is 0 Å². The van der Waals surface area contributed by atoms with Crippen molar-refractivity contribution in [2.75, 3.05) is 6.54 Å². The molecule has 1 aromatic rings. The predicted octanol–water partition coefficient (Wildman–Crippen LogP) is 2.78. The maximum atomic E-state index is 9.54. The van der Waals surface area contributed by atoms with E-state index in [-0.39, 0.29) is 0 Å². The van der Waals surface area contributed by atoms with Gasteiger partial charge in [0, 0.05) is 18.3 Å². The van der Waals surface area contributed by atoms with Crippen molar-refractivity contribution < 1.29 is 5.11 Å². The molecule has 0 aromatic heterocycles. The second-order valence-electron chi connectivity index (χ2n) is 3.28. The Bertz CT molecular complexity index is 318. The molecule has 0 bridgehead atoms. The number of hydrogen-bond acceptors (Lipinski definition) is 2. The standard InChI is InChI=1S/C12H17NO/c1-3-7-13-9-11-8-10(4-2)5-6-12(11)14/h5-6,8-9,14H,3-4,7H2,1-2H3. The monoisotopic (exact) mass is 191 g/mol. The van der Waals surface area contributed by atoms with Gasteiger partial charge in [0.15, 0.2) is 0 Å². The van der Waals surface area contributed by atoms with Crippen LogP contribution < -0.4 is 0 Å². The zero-order valence-corrected chi connectivity index (χ0v) is 8.83. The van der Waals surface area contributed by atoms with Gasteiger partial charge < -0.3 is 5.11 Å². The van der Waals surface area contributed by atoms with Gasteiger partial charge in [-0.05, 0) is 30.5 Å². The number of phenolic OH excluding ortho intramolecular Hbond substituents is 1. The van der Waals surface area contributed by atoms with E-state index in [1.165, 1.54) is 5.56 Å². The second kappa shape index (κ2) is 5.43. The maximum Gasteiger partial charge on any atom is 0.124 e. The zero-order valence-electron chi connectivity index (χ0n) is 8.83. The van der Waals surface area contributed by atoms with E-state index >= 15 is 0 Å². The van der Waals surface area contributed by atoms with E-state index in [1.807, 2.05) is 12.1 Å². The normalized spacial score (nSPS) is 11.0. The van der Waals surface area contributed by atoms with Crippen LogP contribution in [-0.2, 0) is 6.42 Å². The summed E-state index contributed by atoms with van der Waals surface area (Å²) in [5, 5.41) is 9.54. The van der Waals surface area contributed by atoms with E-state index in [4.69, 9.17) is 0 Å². The van der Waals surface area contributed by atoms with Gasteiger partial charge in [0.2, 0.25) is 0 Å². The molecule has 0 fully saturated rings. The molecule has 0 aliphatic rings. The lowest BCUT2D eigenvalue weighted by Crippen LogP contribution is -1.88. The number of benzene rings is 1. The lowest BCUT2D eigenvalue weighted by Gasteiger charge is -2.01. The lowest BCUT2D eigenvalue weighted by molar-refractivity contribution is 0.474. The summed E-state index contributed by atoms with van der Waals surface area (Å²) in [6.45, 7) is 4.99. The van der Waals surface area contributed by atoms with Crippen LogP contribution in [-0.4, -0.2) is 17.9 Å². The van der Waals surface area contributed by atoms with Crippen molar-refractivity contribution in [3.05, 3.63) is 29.3 Å². The number of hydrogen-bond donors (Lipinski definition) is 1. The summed E-state index contributed by atoms with van der Waals surface area (Å²) in [6, 6.07) is 5.65. The summed E-state index contributed by atoms with van der Waals surface area (Å²) in [6.07, 6.45) is 3.76. The average Bonchev–Trinajstić information content (AvgIpc) is 2.21. The highest BCUT2D eigenvalue weighted by atomic mass is 16.3. The Morgan fingerprint density at radius 3 is 2.79 bits per heavy atom. The summed E-state index contributed by atoms with van der Waals surface area (Å²) in [4.78, 5) is 4.21. The zero-order chi connectivity index (χ0) is 10.4. The van der Waals surface area contributed by atoms with Gasteiger partial charge in [0.05, 0.1) is 0 Å². The molecular formula is C12H17NO. The van der Waals surface area contributed by atoms with Crippen LogP contribution in [0.15, 0.2) is 23.2 Å². The molecule has 1 N–H and O–H groups in total. The highest BCUT2D eigenvalue weighted by Crippen LogP contribution is 2.16. The highest BCUT2D eigenvalue weighted by molar-refractivity contribution is 5.83. The van der Waals surface area contributed by atoms with Crippen molar-refractivity contribution in [3.8, 4) is 5.75 Å². The Hall–Kier alpha value is -1.31. The van der Waals surface area contributed by atoms with Crippen molar-refractivity contribution in [1.29, 1.82) is 0 Å². The third kappa shape index (κ3) is 2.87. The highest BCUT2D eigenvalue weighted by Gasteiger charge is 1.98. The molecule has 14 heavy (non-hydrogen) atoms. The topological polar surface area (TPSA) is 32.6 Å². The van der Waals surface area contributed by atoms with Crippen LogP contribution in [0.5, 0.6) is 5.75 Å². The van der Waals surface area contributed by atoms with Crippen molar-refractivity contribution in [3.63, 3.8) is 0 Å². The number of aliphatic imine (C=N–C) groups is 1. The number of nitrogens with zero attached hydrogens (tertiary/aromatic N) is 1. The first-order valence-electron chi connectivity index (χ1n) is 5.09. The molecule has 0 saturated carbocycles. The molecule has 2 heteroatoms. The van der Waals surface area contributed by atoms with E-state index in [0.717, 1.165) is 24.9 Å². The molecule has 0 amide bonds. The predicted molar refractivity (Wildman–Crippen MR) is 60.2 cm³/mol. The number of aromatic hydroxyl groups is 1.